The number of carbonyl (C=O) groups is 1. The molecule has 0 radical (unpaired) electrons. The van der Waals surface area contributed by atoms with E-state index in [4.69, 9.17) is 0 Å². The molecule has 0 aliphatic carbocycles. The number of hydrogen-bond donors (Lipinski definition) is 1. The SMILES string of the molecule is CSc1ccc(C)c(C(=O)NCCCSc2ccc(F)cc2)c1. The van der Waals surface area contributed by atoms with Crippen molar-refractivity contribution in [2.75, 3.05) is 18.6 Å². The minimum atomic E-state index is -0.218. The van der Waals surface area contributed by atoms with Crippen molar-refractivity contribution < 1.29 is 9.18 Å². The van der Waals surface area contributed by atoms with Crippen molar-refractivity contribution in [1.82, 2.24) is 5.32 Å². The van der Waals surface area contributed by atoms with Gasteiger partial charge in [-0.25, -0.2) is 4.39 Å². The number of halogens is 1. The van der Waals surface area contributed by atoms with Gasteiger partial charge in [0.1, 0.15) is 5.82 Å². The molecule has 1 amide bonds. The fraction of sp³-hybridized carbons (Fsp3) is 0.278. The van der Waals surface area contributed by atoms with Gasteiger partial charge in [0.2, 0.25) is 0 Å². The Morgan fingerprint density at radius 2 is 1.83 bits per heavy atom. The summed E-state index contributed by atoms with van der Waals surface area (Å²) in [5, 5.41) is 2.96. The summed E-state index contributed by atoms with van der Waals surface area (Å²) in [5.74, 6) is 0.644. The Morgan fingerprint density at radius 3 is 2.52 bits per heavy atom. The highest BCUT2D eigenvalue weighted by Gasteiger charge is 2.09. The predicted molar refractivity (Wildman–Crippen MR) is 97.0 cm³/mol. The van der Waals surface area contributed by atoms with Crippen molar-refractivity contribution in [3.63, 3.8) is 0 Å². The standard InChI is InChI=1S/C18H20FNOS2/c1-13-4-7-16(22-2)12-17(13)18(21)20-10-3-11-23-15-8-5-14(19)6-9-15/h4-9,12H,3,10-11H2,1-2H3,(H,20,21). The molecule has 2 aromatic carbocycles. The van der Waals surface area contributed by atoms with E-state index in [-0.39, 0.29) is 11.7 Å². The first kappa shape index (κ1) is 17.9. The van der Waals surface area contributed by atoms with E-state index >= 15 is 0 Å². The van der Waals surface area contributed by atoms with Gasteiger partial charge in [-0.1, -0.05) is 6.07 Å². The van der Waals surface area contributed by atoms with Gasteiger partial charge < -0.3 is 5.32 Å². The molecule has 0 fully saturated rings. The third-order valence-electron chi connectivity index (χ3n) is 3.38. The van der Waals surface area contributed by atoms with Gasteiger partial charge in [0, 0.05) is 21.9 Å². The highest BCUT2D eigenvalue weighted by Crippen LogP contribution is 2.20. The van der Waals surface area contributed by atoms with Gasteiger partial charge in [0.25, 0.3) is 5.91 Å². The van der Waals surface area contributed by atoms with Crippen LogP contribution in [0.5, 0.6) is 0 Å². The molecule has 2 nitrogen and oxygen atoms in total. The summed E-state index contributed by atoms with van der Waals surface area (Å²) in [7, 11) is 0. The van der Waals surface area contributed by atoms with Crippen LogP contribution in [0.2, 0.25) is 0 Å². The third-order valence-corrected chi connectivity index (χ3v) is 5.20. The molecule has 5 heteroatoms. The monoisotopic (exact) mass is 349 g/mol. The first-order valence-corrected chi connectivity index (χ1v) is 9.62. The summed E-state index contributed by atoms with van der Waals surface area (Å²) >= 11 is 3.29. The van der Waals surface area contributed by atoms with E-state index < -0.39 is 0 Å². The van der Waals surface area contributed by atoms with Crippen LogP contribution in [0.25, 0.3) is 0 Å². The topological polar surface area (TPSA) is 29.1 Å². The smallest absolute Gasteiger partial charge is 0.251 e. The van der Waals surface area contributed by atoms with Gasteiger partial charge in [0.05, 0.1) is 0 Å². The second-order valence-electron chi connectivity index (χ2n) is 5.09. The molecule has 2 rings (SSSR count). The third kappa shape index (κ3) is 5.59. The minimum absolute atomic E-state index is 0.0230. The molecule has 0 unspecified atom stereocenters. The summed E-state index contributed by atoms with van der Waals surface area (Å²) in [4.78, 5) is 14.4. The summed E-state index contributed by atoms with van der Waals surface area (Å²) in [5.41, 5.74) is 1.73. The van der Waals surface area contributed by atoms with Crippen LogP contribution in [-0.4, -0.2) is 24.5 Å². The van der Waals surface area contributed by atoms with Crippen LogP contribution >= 0.6 is 23.5 Å². The zero-order valence-corrected chi connectivity index (χ0v) is 14.9. The Labute approximate surface area is 145 Å². The van der Waals surface area contributed by atoms with Crippen LogP contribution in [0, 0.1) is 12.7 Å². The molecule has 1 N–H and O–H groups in total. The van der Waals surface area contributed by atoms with Crippen LogP contribution in [0.4, 0.5) is 4.39 Å². The van der Waals surface area contributed by atoms with E-state index in [1.807, 2.05) is 31.4 Å². The van der Waals surface area contributed by atoms with Gasteiger partial charge in [-0.3, -0.25) is 4.79 Å². The molecular weight excluding hydrogens is 329 g/mol. The van der Waals surface area contributed by atoms with Crippen molar-refractivity contribution >= 4 is 29.4 Å². The maximum Gasteiger partial charge on any atom is 0.251 e. The largest absolute Gasteiger partial charge is 0.352 e. The molecule has 0 saturated heterocycles. The van der Waals surface area contributed by atoms with E-state index in [9.17, 15) is 9.18 Å². The number of aryl methyl sites for hydroxylation is 1. The van der Waals surface area contributed by atoms with Crippen LogP contribution in [0.3, 0.4) is 0 Å². The normalized spacial score (nSPS) is 10.6. The molecule has 0 aliphatic rings. The van der Waals surface area contributed by atoms with Crippen LogP contribution in [0.15, 0.2) is 52.3 Å². The zero-order chi connectivity index (χ0) is 16.7. The van der Waals surface area contributed by atoms with Crippen LogP contribution < -0.4 is 5.32 Å². The van der Waals surface area contributed by atoms with E-state index in [1.165, 1.54) is 12.1 Å². The lowest BCUT2D eigenvalue weighted by Crippen LogP contribution is -2.25. The molecule has 122 valence electrons. The highest BCUT2D eigenvalue weighted by molar-refractivity contribution is 7.99. The summed E-state index contributed by atoms with van der Waals surface area (Å²) < 4.78 is 12.8. The van der Waals surface area contributed by atoms with Crippen LogP contribution in [0.1, 0.15) is 22.3 Å². The van der Waals surface area contributed by atoms with E-state index in [1.54, 1.807) is 35.7 Å². The summed E-state index contributed by atoms with van der Waals surface area (Å²) in [6.07, 6.45) is 2.87. The van der Waals surface area contributed by atoms with Gasteiger partial charge in [-0.05, 0) is 67.3 Å². The number of rotatable bonds is 7. The lowest BCUT2D eigenvalue weighted by atomic mass is 10.1. The molecular formula is C18H20FNOS2. The average Bonchev–Trinajstić information content (AvgIpc) is 2.56. The summed E-state index contributed by atoms with van der Waals surface area (Å²) in [6.45, 7) is 2.58. The van der Waals surface area contributed by atoms with E-state index in [2.05, 4.69) is 5.32 Å². The Morgan fingerprint density at radius 1 is 1.13 bits per heavy atom. The molecule has 23 heavy (non-hydrogen) atoms. The number of amides is 1. The maximum atomic E-state index is 12.8. The molecule has 0 bridgehead atoms. The lowest BCUT2D eigenvalue weighted by molar-refractivity contribution is 0.0953. The van der Waals surface area contributed by atoms with Crippen molar-refractivity contribution in [3.05, 3.63) is 59.4 Å². The maximum absolute atomic E-state index is 12.8. The van der Waals surface area contributed by atoms with Crippen molar-refractivity contribution in [2.45, 2.75) is 23.1 Å². The number of thioether (sulfide) groups is 2. The first-order chi connectivity index (χ1) is 11.1. The van der Waals surface area contributed by atoms with Gasteiger partial charge >= 0.3 is 0 Å². The zero-order valence-electron chi connectivity index (χ0n) is 13.3. The number of benzene rings is 2. The Hall–Kier alpha value is -1.46. The van der Waals surface area contributed by atoms with Gasteiger partial charge in [0.15, 0.2) is 0 Å². The molecule has 0 saturated carbocycles. The quantitative estimate of drug-likeness (QED) is 0.577. The fourth-order valence-electron chi connectivity index (χ4n) is 2.06. The predicted octanol–water partition coefficient (Wildman–Crippen LogP) is 4.77. The van der Waals surface area contributed by atoms with Crippen molar-refractivity contribution in [3.8, 4) is 0 Å². The number of carbonyl (C=O) groups excluding carboxylic acids is 1. The number of hydrogen-bond acceptors (Lipinski definition) is 3. The fourth-order valence-corrected chi connectivity index (χ4v) is 3.36. The number of nitrogens with one attached hydrogen (secondary N) is 1. The van der Waals surface area contributed by atoms with Crippen molar-refractivity contribution in [1.29, 1.82) is 0 Å². The Bertz CT molecular complexity index is 659. The van der Waals surface area contributed by atoms with Crippen molar-refractivity contribution in [2.24, 2.45) is 0 Å². The van der Waals surface area contributed by atoms with E-state index in [0.29, 0.717) is 6.54 Å². The highest BCUT2D eigenvalue weighted by atomic mass is 32.2. The molecule has 0 spiro atoms. The lowest BCUT2D eigenvalue weighted by Gasteiger charge is -2.09. The molecule has 0 heterocycles. The average molecular weight is 349 g/mol. The molecule has 0 aliphatic heterocycles. The van der Waals surface area contributed by atoms with Crippen LogP contribution in [-0.2, 0) is 0 Å². The van der Waals surface area contributed by atoms with Gasteiger partial charge in [-0.15, -0.1) is 23.5 Å². The van der Waals surface area contributed by atoms with E-state index in [0.717, 1.165) is 33.1 Å². The Balaban J connectivity index is 1.75. The second-order valence-corrected chi connectivity index (χ2v) is 7.14. The second kappa shape index (κ2) is 8.99. The molecule has 0 aromatic heterocycles. The molecule has 2 aromatic rings. The Kier molecular flexibility index (Phi) is 6.99. The van der Waals surface area contributed by atoms with Gasteiger partial charge in [-0.2, -0.15) is 0 Å². The first-order valence-electron chi connectivity index (χ1n) is 7.41. The molecule has 0 atom stereocenters. The summed E-state index contributed by atoms with van der Waals surface area (Å²) in [6, 6.07) is 12.4. The minimum Gasteiger partial charge on any atom is -0.352 e.